The normalized spacial score (nSPS) is 21.9. The first-order valence-corrected chi connectivity index (χ1v) is 5.88. The Kier molecular flexibility index (Phi) is 3.99. The number of nitrogens with two attached hydrogens (primary N) is 1. The molecule has 8 heteroatoms. The Morgan fingerprint density at radius 2 is 2.10 bits per heavy atom. The molecule has 0 heterocycles. The Hall–Kier alpha value is -2.35. The van der Waals surface area contributed by atoms with Gasteiger partial charge in [0.25, 0.3) is 0 Å². The molecule has 1 aromatic rings. The van der Waals surface area contributed by atoms with Crippen LogP contribution in [0.25, 0.3) is 5.57 Å². The molecule has 1 aliphatic carbocycles. The Morgan fingerprint density at radius 1 is 1.38 bits per heavy atom. The number of halogens is 3. The molecule has 0 bridgehead atoms. The molecular formula is C13H11F3N2O3. The minimum Gasteiger partial charge on any atom is -0.394 e. The fraction of sp³-hybridized carbons (Fsp3) is 0.231. The number of nitro groups is 1. The van der Waals surface area contributed by atoms with Gasteiger partial charge in [-0.3, -0.25) is 10.1 Å². The zero-order valence-electron chi connectivity index (χ0n) is 10.6. The van der Waals surface area contributed by atoms with E-state index >= 15 is 0 Å². The van der Waals surface area contributed by atoms with Crippen LogP contribution < -0.4 is 5.73 Å². The number of hydrogen-bond acceptors (Lipinski definition) is 4. The largest absolute Gasteiger partial charge is 0.394 e. The number of nitrogens with zero attached hydrogens (tertiary/aromatic N) is 1. The van der Waals surface area contributed by atoms with Crippen LogP contribution in [0.5, 0.6) is 0 Å². The molecule has 2 rings (SSSR count). The fourth-order valence-corrected chi connectivity index (χ4v) is 2.10. The van der Waals surface area contributed by atoms with E-state index in [1.54, 1.807) is 0 Å². The van der Waals surface area contributed by atoms with Crippen LogP contribution in [0.4, 0.5) is 13.2 Å². The van der Waals surface area contributed by atoms with Crippen molar-refractivity contribution < 1.29 is 22.8 Å². The molecule has 0 amide bonds. The molecule has 0 aliphatic heterocycles. The maximum absolute atomic E-state index is 13.2. The molecule has 2 N–H and O–H groups in total. The average Bonchev–Trinajstić information content (AvgIpc) is 2.40. The lowest BCUT2D eigenvalue weighted by Crippen LogP contribution is -2.48. The quantitative estimate of drug-likeness (QED) is 0.527. The average molecular weight is 300 g/mol. The first-order valence-electron chi connectivity index (χ1n) is 5.88. The van der Waals surface area contributed by atoms with Gasteiger partial charge in [-0.1, -0.05) is 18.2 Å². The molecule has 5 nitrogen and oxygen atoms in total. The molecule has 1 unspecified atom stereocenters. The van der Waals surface area contributed by atoms with Crippen molar-refractivity contribution in [1.82, 2.24) is 0 Å². The van der Waals surface area contributed by atoms with Crippen molar-refractivity contribution in [3.8, 4) is 0 Å². The summed E-state index contributed by atoms with van der Waals surface area (Å²) in [6, 6.07) is 5.27. The van der Waals surface area contributed by atoms with E-state index in [9.17, 15) is 23.3 Å². The number of ether oxygens (including phenoxy) is 1. The molecule has 1 aromatic carbocycles. The first kappa shape index (κ1) is 15.0. The zero-order chi connectivity index (χ0) is 15.6. The predicted octanol–water partition coefficient (Wildman–Crippen LogP) is 2.67. The van der Waals surface area contributed by atoms with E-state index in [4.69, 9.17) is 5.73 Å². The van der Waals surface area contributed by atoms with Gasteiger partial charge in [0.2, 0.25) is 0 Å². The van der Waals surface area contributed by atoms with Crippen molar-refractivity contribution in [2.45, 2.75) is 18.8 Å². The molecule has 0 fully saturated rings. The van der Waals surface area contributed by atoms with Crippen molar-refractivity contribution in [3.05, 3.63) is 63.6 Å². The summed E-state index contributed by atoms with van der Waals surface area (Å²) in [7, 11) is 0. The second kappa shape index (κ2) is 5.57. The summed E-state index contributed by atoms with van der Waals surface area (Å²) < 4.78 is 42.4. The predicted molar refractivity (Wildman–Crippen MR) is 68.1 cm³/mol. The molecule has 0 radical (unpaired) electrons. The van der Waals surface area contributed by atoms with Crippen LogP contribution in [0.15, 0.2) is 42.1 Å². The van der Waals surface area contributed by atoms with Gasteiger partial charge in [-0.2, -0.15) is 8.78 Å². The number of hydrogen-bond donors (Lipinski definition) is 1. The summed E-state index contributed by atoms with van der Waals surface area (Å²) in [5, 5.41) is 11.2. The summed E-state index contributed by atoms with van der Waals surface area (Å²) in [6.45, 7) is -3.37. The van der Waals surface area contributed by atoms with Crippen molar-refractivity contribution >= 4 is 5.57 Å². The van der Waals surface area contributed by atoms with E-state index in [1.165, 1.54) is 24.3 Å². The van der Waals surface area contributed by atoms with Crippen LogP contribution in [0, 0.1) is 15.9 Å². The number of allylic oxidation sites excluding steroid dienone is 2. The highest BCUT2D eigenvalue weighted by Crippen LogP contribution is 2.37. The van der Waals surface area contributed by atoms with Gasteiger partial charge < -0.3 is 5.73 Å². The first-order chi connectivity index (χ1) is 9.85. The van der Waals surface area contributed by atoms with Crippen LogP contribution in [0.2, 0.25) is 0 Å². The molecule has 112 valence electrons. The van der Waals surface area contributed by atoms with Crippen LogP contribution >= 0.6 is 0 Å². The van der Waals surface area contributed by atoms with Gasteiger partial charge in [0, 0.05) is 0 Å². The number of rotatable bonds is 4. The standard InChI is InChI=1S/C13H11F3N2O3/c14-10-3-1-2-8(6-10)9-4-5-11(17)13(7-9,18(19)20)21-12(15)16/h1-6,12H,7,17H2. The second-order valence-corrected chi connectivity index (χ2v) is 4.42. The highest BCUT2D eigenvalue weighted by atomic mass is 19.3. The Morgan fingerprint density at radius 3 is 2.67 bits per heavy atom. The SMILES string of the molecule is NC1=CC=C(c2cccc(F)c2)CC1(OC(F)F)[N+](=O)[O-]. The minimum atomic E-state index is -3.37. The number of alkyl halides is 2. The minimum absolute atomic E-state index is 0.279. The number of benzene rings is 1. The van der Waals surface area contributed by atoms with Crippen molar-refractivity contribution in [1.29, 1.82) is 0 Å². The van der Waals surface area contributed by atoms with E-state index in [0.29, 0.717) is 5.56 Å². The molecule has 1 aliphatic rings. The lowest BCUT2D eigenvalue weighted by atomic mass is 9.90. The van der Waals surface area contributed by atoms with Crippen molar-refractivity contribution in [2.24, 2.45) is 5.73 Å². The monoisotopic (exact) mass is 300 g/mol. The fourth-order valence-electron chi connectivity index (χ4n) is 2.10. The van der Waals surface area contributed by atoms with Crippen LogP contribution in [0.3, 0.4) is 0 Å². The van der Waals surface area contributed by atoms with Gasteiger partial charge in [-0.05, 0) is 29.3 Å². The van der Waals surface area contributed by atoms with E-state index in [1.807, 2.05) is 0 Å². The van der Waals surface area contributed by atoms with Gasteiger partial charge in [-0.25, -0.2) is 9.13 Å². The molecule has 1 atom stereocenters. The van der Waals surface area contributed by atoms with Gasteiger partial charge >= 0.3 is 12.3 Å². The summed E-state index contributed by atoms with van der Waals surface area (Å²) in [5.41, 5.74) is 3.10. The maximum atomic E-state index is 13.2. The Balaban J connectivity index is 2.43. The van der Waals surface area contributed by atoms with Gasteiger partial charge in [0.15, 0.2) is 0 Å². The Labute approximate surface area is 117 Å². The molecule has 0 saturated heterocycles. The van der Waals surface area contributed by atoms with Crippen LogP contribution in [0.1, 0.15) is 12.0 Å². The Bertz CT molecular complexity index is 631. The zero-order valence-corrected chi connectivity index (χ0v) is 10.6. The van der Waals surface area contributed by atoms with E-state index in [2.05, 4.69) is 4.74 Å². The van der Waals surface area contributed by atoms with Gasteiger partial charge in [0.05, 0.1) is 11.3 Å². The van der Waals surface area contributed by atoms with Gasteiger partial charge in [-0.15, -0.1) is 0 Å². The molecule has 0 spiro atoms. The van der Waals surface area contributed by atoms with Crippen LogP contribution in [-0.4, -0.2) is 17.3 Å². The summed E-state index contributed by atoms with van der Waals surface area (Å²) in [4.78, 5) is 10.2. The summed E-state index contributed by atoms with van der Waals surface area (Å²) in [5.74, 6) is -0.544. The lowest BCUT2D eigenvalue weighted by molar-refractivity contribution is -0.627. The highest BCUT2D eigenvalue weighted by Gasteiger charge is 2.51. The van der Waals surface area contributed by atoms with E-state index in [0.717, 1.165) is 12.1 Å². The van der Waals surface area contributed by atoms with Crippen molar-refractivity contribution in [2.75, 3.05) is 0 Å². The van der Waals surface area contributed by atoms with Gasteiger partial charge in [0.1, 0.15) is 11.5 Å². The van der Waals surface area contributed by atoms with E-state index < -0.39 is 35.2 Å². The molecule has 21 heavy (non-hydrogen) atoms. The third-order valence-electron chi connectivity index (χ3n) is 3.12. The summed E-state index contributed by atoms with van der Waals surface area (Å²) >= 11 is 0. The molecular weight excluding hydrogens is 289 g/mol. The molecule has 0 saturated carbocycles. The lowest BCUT2D eigenvalue weighted by Gasteiger charge is -2.28. The smallest absolute Gasteiger partial charge is 0.373 e. The highest BCUT2D eigenvalue weighted by molar-refractivity contribution is 5.70. The van der Waals surface area contributed by atoms with E-state index in [-0.39, 0.29) is 5.57 Å². The van der Waals surface area contributed by atoms with Crippen molar-refractivity contribution in [3.63, 3.8) is 0 Å². The summed E-state index contributed by atoms with van der Waals surface area (Å²) in [6.07, 6.45) is 2.02. The maximum Gasteiger partial charge on any atom is 0.373 e. The second-order valence-electron chi connectivity index (χ2n) is 4.42. The topological polar surface area (TPSA) is 78.4 Å². The van der Waals surface area contributed by atoms with Crippen LogP contribution in [-0.2, 0) is 4.74 Å². The third kappa shape index (κ3) is 2.89. The molecule has 0 aromatic heterocycles. The third-order valence-corrected chi connectivity index (χ3v) is 3.12.